The molecule has 3 unspecified atom stereocenters. The summed E-state index contributed by atoms with van der Waals surface area (Å²) in [5, 5.41) is 0. The lowest BCUT2D eigenvalue weighted by Crippen LogP contribution is -2.50. The smallest absolute Gasteiger partial charge is 0.0101 e. The fourth-order valence-electron chi connectivity index (χ4n) is 3.85. The van der Waals surface area contributed by atoms with Gasteiger partial charge in [-0.3, -0.25) is 0 Å². The molecule has 2 aliphatic carbocycles. The topological polar surface area (TPSA) is 3.24 Å². The van der Waals surface area contributed by atoms with E-state index in [4.69, 9.17) is 0 Å². The van der Waals surface area contributed by atoms with Crippen LogP contribution in [0.4, 0.5) is 0 Å². The van der Waals surface area contributed by atoms with Crippen molar-refractivity contribution in [3.63, 3.8) is 0 Å². The molecule has 2 heteroatoms. The summed E-state index contributed by atoms with van der Waals surface area (Å²) in [7, 11) is -0.973. The number of hydrogen-bond donors (Lipinski definition) is 0. The van der Waals surface area contributed by atoms with Crippen LogP contribution in [0.25, 0.3) is 0 Å². The average molecular weight is 207 g/mol. The van der Waals surface area contributed by atoms with Crippen molar-refractivity contribution in [1.29, 1.82) is 0 Å². The minimum atomic E-state index is -0.973. The highest BCUT2D eigenvalue weighted by molar-refractivity contribution is 6.75. The normalized spacial score (nSPS) is 45.1. The molecule has 1 heterocycles. The molecule has 3 rings (SSSR count). The van der Waals surface area contributed by atoms with Gasteiger partial charge in [0.1, 0.15) is 0 Å². The van der Waals surface area contributed by atoms with E-state index in [1.807, 2.05) is 0 Å². The van der Waals surface area contributed by atoms with Crippen molar-refractivity contribution >= 4 is 8.24 Å². The van der Waals surface area contributed by atoms with Crippen LogP contribution in [-0.4, -0.2) is 25.4 Å². The van der Waals surface area contributed by atoms with E-state index in [1.54, 1.807) is 0 Å². The predicted molar refractivity (Wildman–Crippen MR) is 62.8 cm³/mol. The SMILES string of the molecule is C[Si-]1(C)CCCN1C1CC2C=CC1C2. The first-order valence-electron chi connectivity index (χ1n) is 6.12. The number of hydrogen-bond acceptors (Lipinski definition) is 1. The first kappa shape index (κ1) is 9.17. The van der Waals surface area contributed by atoms with E-state index in [0.717, 1.165) is 17.9 Å². The Labute approximate surface area is 88.3 Å². The molecule has 0 N–H and O–H groups in total. The molecular formula is C12H21NSi-. The molecule has 2 bridgehead atoms. The van der Waals surface area contributed by atoms with Gasteiger partial charge in [-0.15, -0.1) is 6.04 Å². The van der Waals surface area contributed by atoms with E-state index in [2.05, 4.69) is 29.8 Å². The summed E-state index contributed by atoms with van der Waals surface area (Å²) in [6.07, 6.45) is 9.37. The fraction of sp³-hybridized carbons (Fsp3) is 0.833. The summed E-state index contributed by atoms with van der Waals surface area (Å²) in [5.41, 5.74) is 0. The van der Waals surface area contributed by atoms with Crippen molar-refractivity contribution < 1.29 is 0 Å². The summed E-state index contributed by atoms with van der Waals surface area (Å²) in [6.45, 7) is 6.53. The maximum atomic E-state index is 2.93. The Morgan fingerprint density at radius 2 is 2.07 bits per heavy atom. The third-order valence-corrected chi connectivity index (χ3v) is 8.30. The molecule has 0 aromatic heterocycles. The van der Waals surface area contributed by atoms with E-state index < -0.39 is 8.24 Å². The summed E-state index contributed by atoms with van der Waals surface area (Å²) in [4.78, 5) is 0. The van der Waals surface area contributed by atoms with Gasteiger partial charge in [-0.2, -0.15) is 13.1 Å². The number of allylic oxidation sites excluding steroid dienone is 1. The van der Waals surface area contributed by atoms with Crippen molar-refractivity contribution in [2.75, 3.05) is 6.54 Å². The van der Waals surface area contributed by atoms with Gasteiger partial charge >= 0.3 is 0 Å². The summed E-state index contributed by atoms with van der Waals surface area (Å²) in [5.74, 6) is 1.86. The Morgan fingerprint density at radius 3 is 2.57 bits per heavy atom. The van der Waals surface area contributed by atoms with Crippen molar-refractivity contribution in [3.05, 3.63) is 12.2 Å². The standard InChI is InChI=1S/C12H21NSi/c1-14(2)7-3-6-13(14)12-9-10-4-5-11(12)8-10/h4-5,10-12H,3,6-9H2,1-2H3/q-1. The second-order valence-corrected chi connectivity index (χ2v) is 10.7. The fourth-order valence-corrected chi connectivity index (χ4v) is 7.12. The molecule has 1 aliphatic heterocycles. The van der Waals surface area contributed by atoms with Crippen LogP contribution in [0, 0.1) is 11.8 Å². The Bertz CT molecular complexity index is 271. The second-order valence-electron chi connectivity index (χ2n) is 5.96. The van der Waals surface area contributed by atoms with Gasteiger partial charge in [-0.05, 0) is 37.3 Å². The maximum absolute atomic E-state index is 2.93. The van der Waals surface area contributed by atoms with Crippen molar-refractivity contribution in [2.45, 2.75) is 44.4 Å². The Kier molecular flexibility index (Phi) is 1.93. The van der Waals surface area contributed by atoms with Gasteiger partial charge in [0.25, 0.3) is 0 Å². The summed E-state index contributed by atoms with van der Waals surface area (Å²) in [6, 6.07) is 2.47. The number of fused-ring (bicyclic) bond motifs is 2. The zero-order valence-corrected chi connectivity index (χ0v) is 10.4. The van der Waals surface area contributed by atoms with Crippen molar-refractivity contribution in [2.24, 2.45) is 11.8 Å². The van der Waals surface area contributed by atoms with E-state index in [1.165, 1.54) is 31.9 Å². The lowest BCUT2D eigenvalue weighted by molar-refractivity contribution is 0.297. The second kappa shape index (κ2) is 2.95. The molecule has 0 aromatic carbocycles. The number of rotatable bonds is 1. The summed E-state index contributed by atoms with van der Waals surface area (Å²) >= 11 is 0. The van der Waals surface area contributed by atoms with E-state index in [0.29, 0.717) is 0 Å². The van der Waals surface area contributed by atoms with Gasteiger partial charge in [-0.1, -0.05) is 26.8 Å². The highest BCUT2D eigenvalue weighted by Crippen LogP contribution is 2.44. The van der Waals surface area contributed by atoms with Gasteiger partial charge in [-0.25, -0.2) is 0 Å². The van der Waals surface area contributed by atoms with Crippen LogP contribution in [0.3, 0.4) is 0 Å². The van der Waals surface area contributed by atoms with Crippen LogP contribution < -0.4 is 0 Å². The van der Waals surface area contributed by atoms with Crippen LogP contribution in [0.2, 0.25) is 19.1 Å². The van der Waals surface area contributed by atoms with Gasteiger partial charge < -0.3 is 4.57 Å². The Hall–Kier alpha value is -0.0831. The monoisotopic (exact) mass is 207 g/mol. The lowest BCUT2D eigenvalue weighted by Gasteiger charge is -2.48. The van der Waals surface area contributed by atoms with Crippen molar-refractivity contribution in [1.82, 2.24) is 4.57 Å². The first-order chi connectivity index (χ1) is 6.67. The van der Waals surface area contributed by atoms with Crippen molar-refractivity contribution in [3.8, 4) is 0 Å². The van der Waals surface area contributed by atoms with E-state index in [-0.39, 0.29) is 0 Å². The van der Waals surface area contributed by atoms with Gasteiger partial charge in [0.2, 0.25) is 0 Å². The van der Waals surface area contributed by atoms with Gasteiger partial charge in [0.05, 0.1) is 0 Å². The minimum absolute atomic E-state index is 0.921. The molecule has 14 heavy (non-hydrogen) atoms. The number of nitrogens with zero attached hydrogens (tertiary/aromatic N) is 1. The van der Waals surface area contributed by atoms with E-state index >= 15 is 0 Å². The summed E-state index contributed by atoms with van der Waals surface area (Å²) < 4.78 is 2.93. The molecule has 1 saturated carbocycles. The zero-order valence-electron chi connectivity index (χ0n) is 9.37. The maximum Gasteiger partial charge on any atom is -0.0101 e. The molecule has 3 atom stereocenters. The van der Waals surface area contributed by atoms with Crippen LogP contribution in [-0.2, 0) is 0 Å². The minimum Gasteiger partial charge on any atom is -0.449 e. The molecule has 79 valence electrons. The van der Waals surface area contributed by atoms with Gasteiger partial charge in [0.15, 0.2) is 0 Å². The molecule has 0 aromatic rings. The van der Waals surface area contributed by atoms with E-state index in [9.17, 15) is 0 Å². The van der Waals surface area contributed by atoms with Crippen LogP contribution in [0.1, 0.15) is 19.3 Å². The molecule has 0 amide bonds. The zero-order chi connectivity index (χ0) is 9.76. The first-order valence-corrected chi connectivity index (χ1v) is 9.27. The molecule has 3 aliphatic rings. The molecule has 0 radical (unpaired) electrons. The molecule has 2 fully saturated rings. The molecule has 0 spiro atoms. The quantitative estimate of drug-likeness (QED) is 0.472. The third-order valence-electron chi connectivity index (χ3n) is 4.61. The largest absolute Gasteiger partial charge is 0.449 e. The molecular weight excluding hydrogens is 186 g/mol. The van der Waals surface area contributed by atoms with Crippen LogP contribution in [0.5, 0.6) is 0 Å². The predicted octanol–water partition coefficient (Wildman–Crippen LogP) is 2.86. The lowest BCUT2D eigenvalue weighted by atomic mass is 10.0. The van der Waals surface area contributed by atoms with Crippen LogP contribution >= 0.6 is 0 Å². The van der Waals surface area contributed by atoms with Gasteiger partial charge in [0, 0.05) is 0 Å². The molecule has 1 nitrogen and oxygen atoms in total. The van der Waals surface area contributed by atoms with Crippen LogP contribution in [0.15, 0.2) is 12.2 Å². The highest BCUT2D eigenvalue weighted by atomic mass is 28.3. The Morgan fingerprint density at radius 1 is 1.21 bits per heavy atom. The molecule has 1 saturated heterocycles. The highest BCUT2D eigenvalue weighted by Gasteiger charge is 2.40. The Balaban J connectivity index is 1.80. The average Bonchev–Trinajstić information content (AvgIpc) is 2.77. The third kappa shape index (κ3) is 1.23.